The summed E-state index contributed by atoms with van der Waals surface area (Å²) in [5.74, 6) is -0.307. The number of benzene rings is 2. The van der Waals surface area contributed by atoms with Gasteiger partial charge in [0.05, 0.1) is 12.3 Å². The van der Waals surface area contributed by atoms with E-state index in [9.17, 15) is 9.90 Å². The maximum Gasteiger partial charge on any atom is 0.256 e. The van der Waals surface area contributed by atoms with Crippen LogP contribution in [0.2, 0.25) is 0 Å². The van der Waals surface area contributed by atoms with Crippen LogP contribution < -0.4 is 5.32 Å². The lowest BCUT2D eigenvalue weighted by atomic mass is 10.0. The maximum absolute atomic E-state index is 12.5. The monoisotopic (exact) mass is 346 g/mol. The predicted octanol–water partition coefficient (Wildman–Crippen LogP) is 2.65. The molecule has 0 aliphatic heterocycles. The molecule has 2 N–H and O–H groups in total. The minimum absolute atomic E-state index is 0.111. The van der Waals surface area contributed by atoms with Crippen LogP contribution in [-0.2, 0) is 0 Å². The van der Waals surface area contributed by atoms with Crippen LogP contribution in [0.1, 0.15) is 27.7 Å². The third kappa shape index (κ3) is 3.02. The van der Waals surface area contributed by atoms with E-state index in [0.717, 1.165) is 22.0 Å². The van der Waals surface area contributed by atoms with E-state index in [1.165, 1.54) is 6.20 Å². The van der Waals surface area contributed by atoms with Crippen molar-refractivity contribution in [2.75, 3.05) is 6.54 Å². The number of nitrogens with zero attached hydrogens (tertiary/aromatic N) is 3. The molecule has 2 heterocycles. The second kappa shape index (κ2) is 6.57. The molecular weight excluding hydrogens is 328 g/mol. The van der Waals surface area contributed by atoms with Crippen LogP contribution in [0.5, 0.6) is 0 Å². The van der Waals surface area contributed by atoms with Gasteiger partial charge in [-0.3, -0.25) is 4.79 Å². The molecule has 0 radical (unpaired) electrons. The van der Waals surface area contributed by atoms with E-state index in [0.29, 0.717) is 11.2 Å². The van der Waals surface area contributed by atoms with Crippen molar-refractivity contribution < 1.29 is 9.90 Å². The predicted molar refractivity (Wildman–Crippen MR) is 99.0 cm³/mol. The van der Waals surface area contributed by atoms with Crippen molar-refractivity contribution in [1.29, 1.82) is 0 Å². The van der Waals surface area contributed by atoms with Crippen LogP contribution >= 0.6 is 0 Å². The SMILES string of the molecule is Cc1ccn2ncc(C(=O)NCC(O)c3ccc4ccccc4c3)c2n1. The van der Waals surface area contributed by atoms with Gasteiger partial charge in [0.1, 0.15) is 5.56 Å². The van der Waals surface area contributed by atoms with Gasteiger partial charge in [0, 0.05) is 18.4 Å². The summed E-state index contributed by atoms with van der Waals surface area (Å²) < 4.78 is 1.56. The largest absolute Gasteiger partial charge is 0.387 e. The zero-order chi connectivity index (χ0) is 18.1. The minimum atomic E-state index is -0.792. The average molecular weight is 346 g/mol. The Hall–Kier alpha value is -3.25. The number of aliphatic hydroxyl groups is 1. The molecule has 6 heteroatoms. The van der Waals surface area contributed by atoms with Crippen molar-refractivity contribution in [3.05, 3.63) is 77.7 Å². The number of nitrogens with one attached hydrogen (secondary N) is 1. The summed E-state index contributed by atoms with van der Waals surface area (Å²) >= 11 is 0. The lowest BCUT2D eigenvalue weighted by Gasteiger charge is -2.13. The second-order valence-electron chi connectivity index (χ2n) is 6.23. The van der Waals surface area contributed by atoms with Gasteiger partial charge in [0.2, 0.25) is 0 Å². The summed E-state index contributed by atoms with van der Waals surface area (Å²) in [7, 11) is 0. The Bertz CT molecular complexity index is 1100. The van der Waals surface area contributed by atoms with Crippen molar-refractivity contribution in [1.82, 2.24) is 19.9 Å². The van der Waals surface area contributed by atoms with E-state index in [2.05, 4.69) is 15.4 Å². The van der Waals surface area contributed by atoms with Crippen molar-refractivity contribution in [3.63, 3.8) is 0 Å². The van der Waals surface area contributed by atoms with E-state index >= 15 is 0 Å². The van der Waals surface area contributed by atoms with E-state index in [4.69, 9.17) is 0 Å². The van der Waals surface area contributed by atoms with Crippen molar-refractivity contribution in [3.8, 4) is 0 Å². The van der Waals surface area contributed by atoms with Crippen LogP contribution in [-0.4, -0.2) is 32.2 Å². The molecule has 0 aliphatic rings. The number of hydrogen-bond acceptors (Lipinski definition) is 4. The number of aromatic nitrogens is 3. The highest BCUT2D eigenvalue weighted by Gasteiger charge is 2.16. The molecule has 1 unspecified atom stereocenters. The van der Waals surface area contributed by atoms with Crippen LogP contribution in [0.15, 0.2) is 60.9 Å². The normalized spacial score (nSPS) is 12.4. The summed E-state index contributed by atoms with van der Waals surface area (Å²) in [5, 5.41) is 19.5. The smallest absolute Gasteiger partial charge is 0.256 e. The first-order chi connectivity index (χ1) is 12.6. The molecule has 1 atom stereocenters. The number of aryl methyl sites for hydroxylation is 1. The quantitative estimate of drug-likeness (QED) is 0.595. The second-order valence-corrected chi connectivity index (χ2v) is 6.23. The molecule has 6 nitrogen and oxygen atoms in total. The molecule has 1 amide bonds. The lowest BCUT2D eigenvalue weighted by molar-refractivity contribution is 0.0918. The van der Waals surface area contributed by atoms with Gasteiger partial charge in [-0.25, -0.2) is 9.50 Å². The minimum Gasteiger partial charge on any atom is -0.387 e. The topological polar surface area (TPSA) is 79.5 Å². The fourth-order valence-corrected chi connectivity index (χ4v) is 2.94. The average Bonchev–Trinajstić information content (AvgIpc) is 3.08. The van der Waals surface area contributed by atoms with Gasteiger partial charge in [0.15, 0.2) is 5.65 Å². The number of amides is 1. The molecule has 0 aliphatic carbocycles. The summed E-state index contributed by atoms with van der Waals surface area (Å²) in [6, 6.07) is 15.6. The molecule has 2 aromatic heterocycles. The van der Waals surface area contributed by atoms with Crippen LogP contribution in [0.3, 0.4) is 0 Å². The Balaban J connectivity index is 1.50. The first kappa shape index (κ1) is 16.2. The molecule has 2 aromatic carbocycles. The Labute approximate surface area is 150 Å². The lowest BCUT2D eigenvalue weighted by Crippen LogP contribution is -2.28. The van der Waals surface area contributed by atoms with Gasteiger partial charge in [0.25, 0.3) is 5.91 Å². The highest BCUT2D eigenvalue weighted by molar-refractivity contribution is 5.99. The molecule has 130 valence electrons. The van der Waals surface area contributed by atoms with Gasteiger partial charge in [-0.15, -0.1) is 0 Å². The van der Waals surface area contributed by atoms with Crippen LogP contribution in [0, 0.1) is 6.92 Å². The van der Waals surface area contributed by atoms with Crippen LogP contribution in [0.25, 0.3) is 16.4 Å². The Morgan fingerprint density at radius 1 is 1.19 bits per heavy atom. The number of carbonyl (C=O) groups is 1. The van der Waals surface area contributed by atoms with Gasteiger partial charge in [-0.2, -0.15) is 5.10 Å². The van der Waals surface area contributed by atoms with Gasteiger partial charge < -0.3 is 10.4 Å². The Kier molecular flexibility index (Phi) is 4.10. The summed E-state index contributed by atoms with van der Waals surface area (Å²) in [6.45, 7) is 1.97. The molecule has 26 heavy (non-hydrogen) atoms. The van der Waals surface area contributed by atoms with E-state index in [-0.39, 0.29) is 12.5 Å². The summed E-state index contributed by atoms with van der Waals surface area (Å²) in [5.41, 5.74) is 2.46. The molecule has 0 spiro atoms. The Morgan fingerprint density at radius 3 is 2.85 bits per heavy atom. The van der Waals surface area contributed by atoms with Crippen molar-refractivity contribution >= 4 is 22.3 Å². The molecule has 0 bridgehead atoms. The number of aliphatic hydroxyl groups excluding tert-OH is 1. The zero-order valence-electron chi connectivity index (χ0n) is 14.3. The van der Waals surface area contributed by atoms with E-state index < -0.39 is 6.10 Å². The summed E-state index contributed by atoms with van der Waals surface area (Å²) in [6.07, 6.45) is 2.46. The van der Waals surface area contributed by atoms with Gasteiger partial charge in [-0.05, 0) is 35.4 Å². The molecule has 4 aromatic rings. The Morgan fingerprint density at radius 2 is 2.00 bits per heavy atom. The highest BCUT2D eigenvalue weighted by atomic mass is 16.3. The highest BCUT2D eigenvalue weighted by Crippen LogP contribution is 2.20. The van der Waals surface area contributed by atoms with E-state index in [1.54, 1.807) is 10.7 Å². The number of carbonyl (C=O) groups excluding carboxylic acids is 1. The fraction of sp³-hybridized carbons (Fsp3) is 0.150. The zero-order valence-corrected chi connectivity index (χ0v) is 14.3. The van der Waals surface area contributed by atoms with Gasteiger partial charge >= 0.3 is 0 Å². The van der Waals surface area contributed by atoms with Gasteiger partial charge in [-0.1, -0.05) is 36.4 Å². The number of hydrogen-bond donors (Lipinski definition) is 2. The molecule has 0 fully saturated rings. The molecular formula is C20H18N4O2. The third-order valence-corrected chi connectivity index (χ3v) is 4.37. The summed E-state index contributed by atoms with van der Waals surface area (Å²) in [4.78, 5) is 16.8. The molecule has 4 rings (SSSR count). The van der Waals surface area contributed by atoms with Crippen molar-refractivity contribution in [2.24, 2.45) is 0 Å². The molecule has 0 saturated heterocycles. The number of fused-ring (bicyclic) bond motifs is 2. The van der Waals surface area contributed by atoms with Crippen molar-refractivity contribution in [2.45, 2.75) is 13.0 Å². The van der Waals surface area contributed by atoms with Crippen LogP contribution in [0.4, 0.5) is 0 Å². The first-order valence-corrected chi connectivity index (χ1v) is 8.38. The standard InChI is InChI=1S/C20H18N4O2/c1-13-8-9-24-19(23-13)17(11-22-24)20(26)21-12-18(25)16-7-6-14-4-2-3-5-15(14)10-16/h2-11,18,25H,12H2,1H3,(H,21,26). The fourth-order valence-electron chi connectivity index (χ4n) is 2.94. The molecule has 0 saturated carbocycles. The third-order valence-electron chi connectivity index (χ3n) is 4.37. The van der Waals surface area contributed by atoms with E-state index in [1.807, 2.05) is 55.5 Å². The first-order valence-electron chi connectivity index (χ1n) is 8.38. The number of rotatable bonds is 4. The maximum atomic E-state index is 12.5.